The molecule has 0 atom stereocenters. The Morgan fingerprint density at radius 3 is 3.00 bits per heavy atom. The van der Waals surface area contributed by atoms with Crippen LogP contribution in [0.2, 0.25) is 0 Å². The van der Waals surface area contributed by atoms with E-state index in [9.17, 15) is 0 Å². The predicted octanol–water partition coefficient (Wildman–Crippen LogP) is 3.03. The summed E-state index contributed by atoms with van der Waals surface area (Å²) in [7, 11) is 0. The average molecular weight is 281 g/mol. The smallest absolute Gasteiger partial charge is 0.120 e. The first-order valence-electron chi connectivity index (χ1n) is 5.11. The first kappa shape index (κ1) is 11.2. The lowest BCUT2D eigenvalue weighted by Gasteiger charge is -2.06. The van der Waals surface area contributed by atoms with Crippen LogP contribution in [-0.2, 0) is 6.54 Å². The van der Waals surface area contributed by atoms with Gasteiger partial charge in [0.15, 0.2) is 0 Å². The number of aromatic nitrogens is 2. The van der Waals surface area contributed by atoms with Crippen LogP contribution in [0.4, 0.5) is 0 Å². The highest BCUT2D eigenvalue weighted by Gasteiger charge is 1.96. The molecule has 0 fully saturated rings. The second kappa shape index (κ2) is 5.16. The summed E-state index contributed by atoms with van der Waals surface area (Å²) in [6, 6.07) is 7.83. The Hall–Kier alpha value is -1.29. The second-order valence-electron chi connectivity index (χ2n) is 3.59. The van der Waals surface area contributed by atoms with Gasteiger partial charge in [0.2, 0.25) is 0 Å². The van der Waals surface area contributed by atoms with E-state index in [-0.39, 0.29) is 0 Å². The summed E-state index contributed by atoms with van der Waals surface area (Å²) < 4.78 is 8.52. The second-order valence-corrected chi connectivity index (χ2v) is 4.50. The summed E-state index contributed by atoms with van der Waals surface area (Å²) in [4.78, 5) is 0. The zero-order valence-corrected chi connectivity index (χ0v) is 10.6. The van der Waals surface area contributed by atoms with Gasteiger partial charge < -0.3 is 4.74 Å². The van der Waals surface area contributed by atoms with Gasteiger partial charge in [0, 0.05) is 10.7 Å². The fourth-order valence-corrected chi connectivity index (χ4v) is 1.78. The molecule has 0 radical (unpaired) electrons. The highest BCUT2D eigenvalue weighted by Crippen LogP contribution is 2.17. The Morgan fingerprint density at radius 2 is 2.31 bits per heavy atom. The van der Waals surface area contributed by atoms with Gasteiger partial charge in [-0.25, -0.2) is 0 Å². The molecule has 1 aromatic heterocycles. The number of nitrogens with zero attached hydrogens (tertiary/aromatic N) is 2. The summed E-state index contributed by atoms with van der Waals surface area (Å²) in [5.41, 5.74) is 1.17. The van der Waals surface area contributed by atoms with Crippen molar-refractivity contribution in [3.05, 3.63) is 46.7 Å². The topological polar surface area (TPSA) is 27.1 Å². The molecule has 0 unspecified atom stereocenters. The van der Waals surface area contributed by atoms with Gasteiger partial charge in [0.25, 0.3) is 0 Å². The Bertz CT molecular complexity index is 468. The standard InChI is InChI=1S/C12H13BrN2O/c1-10-8-14-15(9-10)5-6-16-12-4-2-3-11(13)7-12/h2-4,7-9H,5-6H2,1H3. The molecule has 0 saturated carbocycles. The van der Waals surface area contributed by atoms with Gasteiger partial charge in [-0.2, -0.15) is 5.10 Å². The van der Waals surface area contributed by atoms with E-state index in [2.05, 4.69) is 21.0 Å². The minimum absolute atomic E-state index is 0.623. The zero-order chi connectivity index (χ0) is 11.4. The van der Waals surface area contributed by atoms with E-state index in [1.807, 2.05) is 48.3 Å². The summed E-state index contributed by atoms with van der Waals surface area (Å²) in [6.07, 6.45) is 3.85. The number of ether oxygens (including phenoxy) is 1. The van der Waals surface area contributed by atoms with Crippen molar-refractivity contribution in [2.45, 2.75) is 13.5 Å². The van der Waals surface area contributed by atoms with Gasteiger partial charge >= 0.3 is 0 Å². The highest BCUT2D eigenvalue weighted by atomic mass is 79.9. The van der Waals surface area contributed by atoms with E-state index >= 15 is 0 Å². The maximum absolute atomic E-state index is 5.61. The van der Waals surface area contributed by atoms with Gasteiger partial charge in [-0.05, 0) is 30.7 Å². The zero-order valence-electron chi connectivity index (χ0n) is 9.06. The maximum atomic E-state index is 5.61. The molecule has 2 aromatic rings. The van der Waals surface area contributed by atoms with Gasteiger partial charge in [-0.1, -0.05) is 22.0 Å². The molecule has 0 aliphatic heterocycles. The van der Waals surface area contributed by atoms with Crippen molar-refractivity contribution in [1.82, 2.24) is 9.78 Å². The lowest BCUT2D eigenvalue weighted by Crippen LogP contribution is -2.08. The van der Waals surface area contributed by atoms with Crippen molar-refractivity contribution in [2.24, 2.45) is 0 Å². The van der Waals surface area contributed by atoms with Crippen LogP contribution in [0, 0.1) is 6.92 Å². The monoisotopic (exact) mass is 280 g/mol. The third kappa shape index (κ3) is 3.10. The first-order valence-corrected chi connectivity index (χ1v) is 5.91. The molecule has 2 rings (SSSR count). The molecule has 0 bridgehead atoms. The summed E-state index contributed by atoms with van der Waals surface area (Å²) in [5.74, 6) is 0.873. The van der Waals surface area contributed by atoms with Crippen molar-refractivity contribution in [3.63, 3.8) is 0 Å². The van der Waals surface area contributed by atoms with E-state index in [1.54, 1.807) is 0 Å². The third-order valence-corrected chi connectivity index (χ3v) is 2.64. The number of hydrogen-bond donors (Lipinski definition) is 0. The molecular weight excluding hydrogens is 268 g/mol. The van der Waals surface area contributed by atoms with Crippen LogP contribution in [0.5, 0.6) is 5.75 Å². The molecule has 4 heteroatoms. The minimum atomic E-state index is 0.623. The van der Waals surface area contributed by atoms with Gasteiger partial charge in [-0.3, -0.25) is 4.68 Å². The van der Waals surface area contributed by atoms with Crippen LogP contribution < -0.4 is 4.74 Å². The first-order chi connectivity index (χ1) is 7.74. The highest BCUT2D eigenvalue weighted by molar-refractivity contribution is 9.10. The predicted molar refractivity (Wildman–Crippen MR) is 66.6 cm³/mol. The number of halogens is 1. The Kier molecular flexibility index (Phi) is 3.62. The molecule has 1 heterocycles. The summed E-state index contributed by atoms with van der Waals surface area (Å²) in [5, 5.41) is 4.19. The van der Waals surface area contributed by atoms with E-state index in [4.69, 9.17) is 4.74 Å². The van der Waals surface area contributed by atoms with E-state index in [0.29, 0.717) is 6.61 Å². The number of aryl methyl sites for hydroxylation is 1. The van der Waals surface area contributed by atoms with Crippen LogP contribution in [0.25, 0.3) is 0 Å². The Balaban J connectivity index is 1.84. The van der Waals surface area contributed by atoms with Gasteiger partial charge in [0.1, 0.15) is 12.4 Å². The van der Waals surface area contributed by atoms with E-state index in [1.165, 1.54) is 5.56 Å². The van der Waals surface area contributed by atoms with Crippen molar-refractivity contribution in [1.29, 1.82) is 0 Å². The van der Waals surface area contributed by atoms with E-state index < -0.39 is 0 Å². The van der Waals surface area contributed by atoms with Gasteiger partial charge in [-0.15, -0.1) is 0 Å². The molecule has 0 N–H and O–H groups in total. The molecular formula is C12H13BrN2O. The molecule has 0 aliphatic rings. The minimum Gasteiger partial charge on any atom is -0.492 e. The molecule has 16 heavy (non-hydrogen) atoms. The molecule has 3 nitrogen and oxygen atoms in total. The molecule has 0 saturated heterocycles. The normalized spacial score (nSPS) is 10.4. The maximum Gasteiger partial charge on any atom is 0.120 e. The molecule has 0 amide bonds. The molecule has 0 spiro atoms. The van der Waals surface area contributed by atoms with Crippen molar-refractivity contribution < 1.29 is 4.74 Å². The Labute approximate surface area is 103 Å². The Morgan fingerprint density at radius 1 is 1.44 bits per heavy atom. The lowest BCUT2D eigenvalue weighted by atomic mass is 10.3. The fourth-order valence-electron chi connectivity index (χ4n) is 1.40. The summed E-state index contributed by atoms with van der Waals surface area (Å²) >= 11 is 3.40. The van der Waals surface area contributed by atoms with Crippen molar-refractivity contribution in [3.8, 4) is 5.75 Å². The number of hydrogen-bond acceptors (Lipinski definition) is 2. The largest absolute Gasteiger partial charge is 0.492 e. The molecule has 0 aliphatic carbocycles. The SMILES string of the molecule is Cc1cnn(CCOc2cccc(Br)c2)c1. The van der Waals surface area contributed by atoms with Crippen LogP contribution in [-0.4, -0.2) is 16.4 Å². The lowest BCUT2D eigenvalue weighted by molar-refractivity contribution is 0.291. The van der Waals surface area contributed by atoms with Crippen LogP contribution in [0.1, 0.15) is 5.56 Å². The quantitative estimate of drug-likeness (QED) is 0.861. The molecule has 1 aromatic carbocycles. The third-order valence-electron chi connectivity index (χ3n) is 2.15. The van der Waals surface area contributed by atoms with Crippen LogP contribution in [0.3, 0.4) is 0 Å². The summed E-state index contributed by atoms with van der Waals surface area (Å²) in [6.45, 7) is 3.41. The van der Waals surface area contributed by atoms with Crippen molar-refractivity contribution >= 4 is 15.9 Å². The fraction of sp³-hybridized carbons (Fsp3) is 0.250. The van der Waals surface area contributed by atoms with Crippen LogP contribution >= 0.6 is 15.9 Å². The van der Waals surface area contributed by atoms with Gasteiger partial charge in [0.05, 0.1) is 12.7 Å². The van der Waals surface area contributed by atoms with Crippen LogP contribution in [0.15, 0.2) is 41.1 Å². The number of benzene rings is 1. The van der Waals surface area contributed by atoms with Crippen molar-refractivity contribution in [2.75, 3.05) is 6.61 Å². The molecule has 84 valence electrons. The van der Waals surface area contributed by atoms with E-state index in [0.717, 1.165) is 16.8 Å². The average Bonchev–Trinajstić information content (AvgIpc) is 2.64. The number of rotatable bonds is 4.